The third-order valence-corrected chi connectivity index (χ3v) is 2.90. The van der Waals surface area contributed by atoms with Crippen molar-refractivity contribution in [3.63, 3.8) is 0 Å². The summed E-state index contributed by atoms with van der Waals surface area (Å²) in [5.74, 6) is -0.626. The summed E-state index contributed by atoms with van der Waals surface area (Å²) < 4.78 is 0. The van der Waals surface area contributed by atoms with Crippen molar-refractivity contribution in [3.8, 4) is 0 Å². The first-order valence-corrected chi connectivity index (χ1v) is 6.18. The molecule has 0 aliphatic heterocycles. The summed E-state index contributed by atoms with van der Waals surface area (Å²) in [6, 6.07) is 0. The number of aromatic nitrogens is 1. The summed E-state index contributed by atoms with van der Waals surface area (Å²) in [4.78, 5) is 26.4. The van der Waals surface area contributed by atoms with E-state index >= 15 is 0 Å². The predicted molar refractivity (Wildman–Crippen MR) is 67.3 cm³/mol. The maximum absolute atomic E-state index is 11.5. The molecule has 92 valence electrons. The van der Waals surface area contributed by atoms with E-state index in [0.717, 1.165) is 6.42 Å². The van der Waals surface area contributed by atoms with E-state index < -0.39 is 5.91 Å². The van der Waals surface area contributed by atoms with E-state index in [1.54, 1.807) is 18.4 Å². The van der Waals surface area contributed by atoms with Gasteiger partial charge < -0.3 is 11.1 Å². The van der Waals surface area contributed by atoms with Crippen LogP contribution in [0.3, 0.4) is 0 Å². The third-order valence-electron chi connectivity index (χ3n) is 2.03. The first-order valence-electron chi connectivity index (χ1n) is 5.30. The van der Waals surface area contributed by atoms with Gasteiger partial charge in [-0.2, -0.15) is 0 Å². The zero-order chi connectivity index (χ0) is 12.8. The number of allylic oxidation sites excluding steroid dienone is 1. The Morgan fingerprint density at radius 1 is 1.59 bits per heavy atom. The van der Waals surface area contributed by atoms with Crippen LogP contribution in [-0.4, -0.2) is 16.8 Å². The molecule has 1 heterocycles. The maximum atomic E-state index is 11.5. The fraction of sp³-hybridized carbons (Fsp3) is 0.364. The molecule has 0 aliphatic rings. The number of rotatable bonds is 5. The molecular formula is C11H15N3O2S. The monoisotopic (exact) mass is 253 g/mol. The van der Waals surface area contributed by atoms with E-state index in [2.05, 4.69) is 10.3 Å². The van der Waals surface area contributed by atoms with E-state index in [1.807, 2.05) is 6.92 Å². The van der Waals surface area contributed by atoms with Gasteiger partial charge >= 0.3 is 0 Å². The number of nitrogens with one attached hydrogen (secondary N) is 1. The molecule has 0 atom stereocenters. The van der Waals surface area contributed by atoms with Crippen LogP contribution in [0.5, 0.6) is 0 Å². The second-order valence-electron chi connectivity index (χ2n) is 3.40. The Labute approximate surface area is 104 Å². The fourth-order valence-corrected chi connectivity index (χ4v) is 2.04. The molecule has 1 aromatic heterocycles. The van der Waals surface area contributed by atoms with Crippen LogP contribution in [0.15, 0.2) is 11.5 Å². The first-order chi connectivity index (χ1) is 8.08. The molecular weight excluding hydrogens is 238 g/mol. The second kappa shape index (κ2) is 6.15. The molecule has 0 spiro atoms. The van der Waals surface area contributed by atoms with Crippen LogP contribution in [-0.2, 0) is 4.79 Å². The highest BCUT2D eigenvalue weighted by Crippen LogP contribution is 2.17. The second-order valence-corrected chi connectivity index (χ2v) is 4.26. The fourth-order valence-electron chi connectivity index (χ4n) is 1.20. The zero-order valence-electron chi connectivity index (χ0n) is 9.82. The van der Waals surface area contributed by atoms with Crippen molar-refractivity contribution in [2.45, 2.75) is 26.7 Å². The average molecular weight is 253 g/mol. The molecule has 0 aromatic carbocycles. The molecule has 6 heteroatoms. The van der Waals surface area contributed by atoms with Crippen molar-refractivity contribution in [3.05, 3.63) is 22.2 Å². The highest BCUT2D eigenvalue weighted by atomic mass is 32.1. The lowest BCUT2D eigenvalue weighted by Crippen LogP contribution is -2.21. The number of hydrogen-bond acceptors (Lipinski definition) is 4. The summed E-state index contributed by atoms with van der Waals surface area (Å²) in [5, 5.41) is 4.92. The van der Waals surface area contributed by atoms with Gasteiger partial charge in [0.2, 0.25) is 5.91 Å². The Hall–Kier alpha value is -1.69. The minimum atomic E-state index is -0.567. The SMILES string of the molecule is C/C=C(\NC(=O)CCC)c1nc(C(N)=O)cs1. The Bertz CT molecular complexity index is 451. The standard InChI is InChI=1S/C11H15N3O2S/c1-3-5-9(15)13-7(4-2)11-14-8(6-17-11)10(12)16/h4,6H,3,5H2,1-2H3,(H2,12,16)(H,13,15)/b7-4-. The van der Waals surface area contributed by atoms with Gasteiger partial charge in [0.05, 0.1) is 5.70 Å². The zero-order valence-corrected chi connectivity index (χ0v) is 10.6. The van der Waals surface area contributed by atoms with Crippen molar-refractivity contribution in [2.24, 2.45) is 5.73 Å². The highest BCUT2D eigenvalue weighted by molar-refractivity contribution is 7.11. The van der Waals surface area contributed by atoms with Gasteiger partial charge in [0.15, 0.2) is 0 Å². The predicted octanol–water partition coefficient (Wildman–Crippen LogP) is 1.52. The number of nitrogens with two attached hydrogens (primary N) is 1. The lowest BCUT2D eigenvalue weighted by molar-refractivity contribution is -0.119. The maximum Gasteiger partial charge on any atom is 0.268 e. The number of primary amides is 1. The van der Waals surface area contributed by atoms with Crippen LogP contribution in [0.2, 0.25) is 0 Å². The Morgan fingerprint density at radius 2 is 2.29 bits per heavy atom. The molecule has 0 saturated heterocycles. The number of nitrogens with zero attached hydrogens (tertiary/aromatic N) is 1. The normalized spacial score (nSPS) is 11.3. The number of amides is 2. The van der Waals surface area contributed by atoms with Crippen LogP contribution >= 0.6 is 11.3 Å². The van der Waals surface area contributed by atoms with Gasteiger partial charge in [-0.1, -0.05) is 13.0 Å². The van der Waals surface area contributed by atoms with Gasteiger partial charge in [-0.05, 0) is 13.3 Å². The highest BCUT2D eigenvalue weighted by Gasteiger charge is 2.12. The minimum Gasteiger partial charge on any atom is -0.364 e. The van der Waals surface area contributed by atoms with E-state index in [9.17, 15) is 9.59 Å². The molecule has 3 N–H and O–H groups in total. The van der Waals surface area contributed by atoms with Crippen LogP contribution in [0.25, 0.3) is 5.70 Å². The van der Waals surface area contributed by atoms with Crippen LogP contribution in [0, 0.1) is 0 Å². The number of carbonyl (C=O) groups is 2. The molecule has 17 heavy (non-hydrogen) atoms. The van der Waals surface area contributed by atoms with Crippen molar-refractivity contribution in [1.82, 2.24) is 10.3 Å². The topological polar surface area (TPSA) is 85.1 Å². The van der Waals surface area contributed by atoms with E-state index in [-0.39, 0.29) is 11.6 Å². The number of thiazole rings is 1. The van der Waals surface area contributed by atoms with Crippen molar-refractivity contribution < 1.29 is 9.59 Å². The van der Waals surface area contributed by atoms with Gasteiger partial charge in [-0.15, -0.1) is 11.3 Å². The Balaban J connectivity index is 2.80. The summed E-state index contributed by atoms with van der Waals surface area (Å²) in [6.07, 6.45) is 3.00. The molecule has 5 nitrogen and oxygen atoms in total. The van der Waals surface area contributed by atoms with Gasteiger partial charge in [-0.25, -0.2) is 4.98 Å². The van der Waals surface area contributed by atoms with Gasteiger partial charge in [0.1, 0.15) is 10.7 Å². The summed E-state index contributed by atoms with van der Waals surface area (Å²) in [6.45, 7) is 3.73. The van der Waals surface area contributed by atoms with E-state index in [1.165, 1.54) is 11.3 Å². The van der Waals surface area contributed by atoms with Crippen molar-refractivity contribution in [2.75, 3.05) is 0 Å². The largest absolute Gasteiger partial charge is 0.364 e. The van der Waals surface area contributed by atoms with E-state index in [4.69, 9.17) is 5.73 Å². The summed E-state index contributed by atoms with van der Waals surface area (Å²) in [5.41, 5.74) is 5.94. The Kier molecular flexibility index (Phi) is 4.84. The van der Waals surface area contributed by atoms with Crippen LogP contribution < -0.4 is 11.1 Å². The molecule has 0 fully saturated rings. The molecule has 1 aromatic rings. The molecule has 0 radical (unpaired) electrons. The van der Waals surface area contributed by atoms with Gasteiger partial charge in [0, 0.05) is 11.8 Å². The number of hydrogen-bond donors (Lipinski definition) is 2. The lowest BCUT2D eigenvalue weighted by atomic mass is 10.3. The number of carbonyl (C=O) groups excluding carboxylic acids is 2. The van der Waals surface area contributed by atoms with Gasteiger partial charge in [0.25, 0.3) is 5.91 Å². The lowest BCUT2D eigenvalue weighted by Gasteiger charge is -2.05. The molecule has 2 amide bonds. The third kappa shape index (κ3) is 3.67. The van der Waals surface area contributed by atoms with E-state index in [0.29, 0.717) is 17.1 Å². The molecule has 0 bridgehead atoms. The Morgan fingerprint density at radius 3 is 2.76 bits per heavy atom. The molecule has 1 rings (SSSR count). The quantitative estimate of drug-likeness (QED) is 0.834. The average Bonchev–Trinajstić information content (AvgIpc) is 2.75. The van der Waals surface area contributed by atoms with Crippen molar-refractivity contribution >= 4 is 28.8 Å². The smallest absolute Gasteiger partial charge is 0.268 e. The van der Waals surface area contributed by atoms with Crippen LogP contribution in [0.4, 0.5) is 0 Å². The first kappa shape index (κ1) is 13.4. The van der Waals surface area contributed by atoms with Crippen molar-refractivity contribution in [1.29, 1.82) is 0 Å². The minimum absolute atomic E-state index is 0.0589. The molecule has 0 aliphatic carbocycles. The molecule has 0 saturated carbocycles. The van der Waals surface area contributed by atoms with Gasteiger partial charge in [-0.3, -0.25) is 9.59 Å². The molecule has 0 unspecified atom stereocenters. The summed E-state index contributed by atoms with van der Waals surface area (Å²) >= 11 is 1.28. The van der Waals surface area contributed by atoms with Crippen LogP contribution in [0.1, 0.15) is 42.2 Å². The summed E-state index contributed by atoms with van der Waals surface area (Å²) in [7, 11) is 0.